The minimum Gasteiger partial charge on any atom is -0.325 e. The lowest BCUT2D eigenvalue weighted by Crippen LogP contribution is -2.39. The van der Waals surface area contributed by atoms with E-state index in [1.165, 1.54) is 0 Å². The van der Waals surface area contributed by atoms with E-state index in [1.807, 2.05) is 49.2 Å². The van der Waals surface area contributed by atoms with Gasteiger partial charge in [0.25, 0.3) is 0 Å². The van der Waals surface area contributed by atoms with Crippen molar-refractivity contribution in [2.75, 3.05) is 23.3 Å². The molecule has 2 N–H and O–H groups in total. The summed E-state index contributed by atoms with van der Waals surface area (Å²) in [5.74, 6) is -0.155. The summed E-state index contributed by atoms with van der Waals surface area (Å²) >= 11 is 0. The summed E-state index contributed by atoms with van der Waals surface area (Å²) in [6.45, 7) is 4.29. The molecule has 2 aromatic carbocycles. The van der Waals surface area contributed by atoms with Crippen LogP contribution in [0.2, 0.25) is 0 Å². The summed E-state index contributed by atoms with van der Waals surface area (Å²) in [6, 6.07) is 14.7. The molecular weight excluding hydrogens is 350 g/mol. The van der Waals surface area contributed by atoms with Crippen molar-refractivity contribution in [2.45, 2.75) is 26.4 Å². The van der Waals surface area contributed by atoms with E-state index in [0.29, 0.717) is 17.9 Å². The van der Waals surface area contributed by atoms with Crippen LogP contribution in [-0.2, 0) is 21.4 Å². The first kappa shape index (κ1) is 19.9. The molecule has 0 aliphatic carbocycles. The van der Waals surface area contributed by atoms with Crippen LogP contribution in [0.3, 0.4) is 0 Å². The van der Waals surface area contributed by atoms with Crippen molar-refractivity contribution in [3.63, 3.8) is 0 Å². The minimum atomic E-state index is -3.38. The van der Waals surface area contributed by atoms with E-state index < -0.39 is 10.0 Å². The monoisotopic (exact) mass is 375 g/mol. The predicted molar refractivity (Wildman–Crippen MR) is 106 cm³/mol. The summed E-state index contributed by atoms with van der Waals surface area (Å²) < 4.78 is 25.4. The largest absolute Gasteiger partial charge is 0.325 e. The number of sulfonamides is 1. The Hall–Kier alpha value is -2.38. The molecule has 0 radical (unpaired) electrons. The number of nitrogens with one attached hydrogen (secondary N) is 2. The molecule has 0 aliphatic rings. The molecule has 0 bridgehead atoms. The fraction of sp³-hybridized carbons (Fsp3) is 0.316. The molecule has 2 aromatic rings. The van der Waals surface area contributed by atoms with Gasteiger partial charge in [-0.1, -0.05) is 36.4 Å². The number of rotatable bonds is 7. The van der Waals surface area contributed by atoms with E-state index >= 15 is 0 Å². The summed E-state index contributed by atoms with van der Waals surface area (Å²) in [5, 5.41) is 2.85. The maximum atomic E-state index is 12.5. The standard InChI is InChI=1S/C19H25N3O3S/c1-14-10-11-17(12-18(14)21-26(4,24)25)20-19(23)15(2)22(3)13-16-8-6-5-7-9-16/h5-12,15,21H,13H2,1-4H3,(H,20,23). The molecule has 140 valence electrons. The van der Waals surface area contributed by atoms with Crippen LogP contribution in [-0.4, -0.2) is 38.6 Å². The fourth-order valence-electron chi connectivity index (χ4n) is 2.46. The normalized spacial score (nSPS) is 12.7. The van der Waals surface area contributed by atoms with E-state index in [-0.39, 0.29) is 11.9 Å². The Morgan fingerprint density at radius 1 is 1.15 bits per heavy atom. The number of aryl methyl sites for hydroxylation is 1. The van der Waals surface area contributed by atoms with Crippen LogP contribution in [0.5, 0.6) is 0 Å². The zero-order valence-corrected chi connectivity index (χ0v) is 16.3. The van der Waals surface area contributed by atoms with Gasteiger partial charge in [0.05, 0.1) is 18.0 Å². The quantitative estimate of drug-likeness (QED) is 0.780. The molecule has 1 unspecified atom stereocenters. The number of carbonyl (C=O) groups excluding carboxylic acids is 1. The third kappa shape index (κ3) is 5.86. The van der Waals surface area contributed by atoms with Gasteiger partial charge < -0.3 is 5.32 Å². The van der Waals surface area contributed by atoms with Crippen molar-refractivity contribution in [1.29, 1.82) is 0 Å². The highest BCUT2D eigenvalue weighted by Gasteiger charge is 2.18. The number of benzene rings is 2. The van der Waals surface area contributed by atoms with Crippen LogP contribution in [0.15, 0.2) is 48.5 Å². The second-order valence-corrected chi connectivity index (χ2v) is 8.22. The van der Waals surface area contributed by atoms with Crippen molar-refractivity contribution in [2.24, 2.45) is 0 Å². The Balaban J connectivity index is 2.05. The summed E-state index contributed by atoms with van der Waals surface area (Å²) in [4.78, 5) is 14.5. The first-order valence-corrected chi connectivity index (χ1v) is 10.2. The van der Waals surface area contributed by atoms with Gasteiger partial charge in [0, 0.05) is 12.2 Å². The number of anilines is 2. The topological polar surface area (TPSA) is 78.5 Å². The number of likely N-dealkylation sites (N-methyl/N-ethyl adjacent to an activating group) is 1. The maximum absolute atomic E-state index is 12.5. The number of carbonyl (C=O) groups is 1. The minimum absolute atomic E-state index is 0.155. The summed E-state index contributed by atoms with van der Waals surface area (Å²) in [7, 11) is -1.49. The van der Waals surface area contributed by atoms with Crippen LogP contribution in [0.1, 0.15) is 18.1 Å². The van der Waals surface area contributed by atoms with Crippen molar-refractivity contribution >= 4 is 27.3 Å². The lowest BCUT2D eigenvalue weighted by atomic mass is 10.1. The maximum Gasteiger partial charge on any atom is 0.241 e. The van der Waals surface area contributed by atoms with Gasteiger partial charge in [-0.05, 0) is 44.2 Å². The number of hydrogen-bond acceptors (Lipinski definition) is 4. The van der Waals surface area contributed by atoms with E-state index in [4.69, 9.17) is 0 Å². The molecule has 1 atom stereocenters. The number of hydrogen-bond donors (Lipinski definition) is 2. The fourth-order valence-corrected chi connectivity index (χ4v) is 3.08. The molecular formula is C19H25N3O3S. The molecule has 26 heavy (non-hydrogen) atoms. The van der Waals surface area contributed by atoms with Crippen molar-refractivity contribution < 1.29 is 13.2 Å². The van der Waals surface area contributed by atoms with E-state index in [2.05, 4.69) is 10.0 Å². The molecule has 0 saturated carbocycles. The van der Waals surface area contributed by atoms with E-state index in [1.54, 1.807) is 25.1 Å². The van der Waals surface area contributed by atoms with Crippen LogP contribution >= 0.6 is 0 Å². The molecule has 0 heterocycles. The summed E-state index contributed by atoms with van der Waals surface area (Å²) in [5.41, 5.74) is 2.91. The molecule has 0 saturated heterocycles. The molecule has 6 nitrogen and oxygen atoms in total. The Bertz CT molecular complexity index is 867. The summed E-state index contributed by atoms with van der Waals surface area (Å²) in [6.07, 6.45) is 1.10. The predicted octanol–water partition coefficient (Wildman–Crippen LogP) is 2.83. The van der Waals surface area contributed by atoms with Gasteiger partial charge >= 0.3 is 0 Å². The van der Waals surface area contributed by atoms with Crippen LogP contribution in [0.25, 0.3) is 0 Å². The van der Waals surface area contributed by atoms with Crippen LogP contribution in [0, 0.1) is 6.92 Å². The van der Waals surface area contributed by atoms with Crippen molar-refractivity contribution in [3.8, 4) is 0 Å². The Morgan fingerprint density at radius 3 is 2.42 bits per heavy atom. The first-order valence-electron chi connectivity index (χ1n) is 8.29. The molecule has 0 fully saturated rings. The SMILES string of the molecule is Cc1ccc(NC(=O)C(C)N(C)Cc2ccccc2)cc1NS(C)(=O)=O. The van der Waals surface area contributed by atoms with Crippen LogP contribution < -0.4 is 10.0 Å². The Labute approximate surface area is 155 Å². The Morgan fingerprint density at radius 2 is 1.81 bits per heavy atom. The third-order valence-corrected chi connectivity index (χ3v) is 4.71. The molecule has 0 aliphatic heterocycles. The third-order valence-electron chi connectivity index (χ3n) is 4.12. The lowest BCUT2D eigenvalue weighted by Gasteiger charge is -2.24. The second-order valence-electron chi connectivity index (χ2n) is 6.47. The average molecular weight is 375 g/mol. The lowest BCUT2D eigenvalue weighted by molar-refractivity contribution is -0.120. The Kier molecular flexibility index (Phi) is 6.39. The van der Waals surface area contributed by atoms with Gasteiger partial charge in [-0.2, -0.15) is 0 Å². The first-order chi connectivity index (χ1) is 12.2. The molecule has 1 amide bonds. The zero-order valence-electron chi connectivity index (χ0n) is 15.5. The van der Waals surface area contributed by atoms with Crippen molar-refractivity contribution in [1.82, 2.24) is 4.90 Å². The van der Waals surface area contributed by atoms with Gasteiger partial charge in [-0.25, -0.2) is 8.42 Å². The van der Waals surface area contributed by atoms with Crippen LogP contribution in [0.4, 0.5) is 11.4 Å². The number of nitrogens with zero attached hydrogens (tertiary/aromatic N) is 1. The van der Waals surface area contributed by atoms with Gasteiger partial charge in [0.15, 0.2) is 0 Å². The van der Waals surface area contributed by atoms with E-state index in [0.717, 1.165) is 17.4 Å². The highest BCUT2D eigenvalue weighted by molar-refractivity contribution is 7.92. The van der Waals surface area contributed by atoms with Gasteiger partial charge in [0.2, 0.25) is 15.9 Å². The molecule has 2 rings (SSSR count). The van der Waals surface area contributed by atoms with Gasteiger partial charge in [0.1, 0.15) is 0 Å². The zero-order chi connectivity index (χ0) is 19.3. The molecule has 7 heteroatoms. The van der Waals surface area contributed by atoms with Gasteiger partial charge in [-0.15, -0.1) is 0 Å². The molecule has 0 aromatic heterocycles. The highest BCUT2D eigenvalue weighted by atomic mass is 32.2. The second kappa shape index (κ2) is 8.33. The molecule has 0 spiro atoms. The van der Waals surface area contributed by atoms with E-state index in [9.17, 15) is 13.2 Å². The highest BCUT2D eigenvalue weighted by Crippen LogP contribution is 2.21. The number of amides is 1. The average Bonchev–Trinajstić information content (AvgIpc) is 2.56. The smallest absolute Gasteiger partial charge is 0.241 e. The van der Waals surface area contributed by atoms with Crippen molar-refractivity contribution in [3.05, 3.63) is 59.7 Å². The van der Waals surface area contributed by atoms with Gasteiger partial charge in [-0.3, -0.25) is 14.4 Å².